The Hall–Kier alpha value is -6.13. The fraction of sp³-hybridized carbons (Fsp3) is 0.462. The van der Waals surface area contributed by atoms with E-state index in [1.165, 1.54) is 28.5 Å². The van der Waals surface area contributed by atoms with Gasteiger partial charge in [0, 0.05) is 56.4 Å². The number of amides is 7. The molecule has 17 heteroatoms. The first-order chi connectivity index (χ1) is 26.4. The Morgan fingerprint density at radius 2 is 1.75 bits per heavy atom. The van der Waals surface area contributed by atoms with Crippen LogP contribution in [0.2, 0.25) is 0 Å². The van der Waals surface area contributed by atoms with E-state index in [0.717, 1.165) is 11.3 Å². The van der Waals surface area contributed by atoms with Gasteiger partial charge < -0.3 is 31.1 Å². The molecule has 4 N–H and O–H groups in total. The maximum atomic E-state index is 14.0. The number of rotatable bonds is 12. The van der Waals surface area contributed by atoms with Gasteiger partial charge in [0.1, 0.15) is 23.4 Å². The lowest BCUT2D eigenvalue weighted by molar-refractivity contribution is -0.142. The molecule has 0 aliphatic carbocycles. The molecule has 2 atom stereocenters. The van der Waals surface area contributed by atoms with Gasteiger partial charge >= 0.3 is 6.03 Å². The van der Waals surface area contributed by atoms with Crippen LogP contribution in [0.4, 0.5) is 27.9 Å². The summed E-state index contributed by atoms with van der Waals surface area (Å²) in [5.41, 5.74) is 2.41. The van der Waals surface area contributed by atoms with E-state index < -0.39 is 41.3 Å². The smallest absolute Gasteiger partial charge is 0.330 e. The van der Waals surface area contributed by atoms with Crippen LogP contribution in [0.15, 0.2) is 42.7 Å². The van der Waals surface area contributed by atoms with Crippen molar-refractivity contribution in [3.8, 4) is 0 Å². The van der Waals surface area contributed by atoms with Gasteiger partial charge in [0.2, 0.25) is 29.6 Å². The number of carbonyl (C=O) groups is 6. The van der Waals surface area contributed by atoms with E-state index in [4.69, 9.17) is 0 Å². The quantitative estimate of drug-likeness (QED) is 0.212. The Bertz CT molecular complexity index is 2020. The van der Waals surface area contributed by atoms with Crippen molar-refractivity contribution in [1.29, 1.82) is 0 Å². The molecule has 0 saturated carbocycles. The highest BCUT2D eigenvalue weighted by Crippen LogP contribution is 2.33. The average Bonchev–Trinajstić information content (AvgIpc) is 3.65. The second kappa shape index (κ2) is 16.7. The van der Waals surface area contributed by atoms with Crippen molar-refractivity contribution >= 4 is 58.7 Å². The van der Waals surface area contributed by atoms with Crippen molar-refractivity contribution in [2.45, 2.75) is 78.6 Å². The highest BCUT2D eigenvalue weighted by molar-refractivity contribution is 6.07. The maximum Gasteiger partial charge on any atom is 0.330 e. The largest absolute Gasteiger partial charge is 0.347 e. The van der Waals surface area contributed by atoms with Gasteiger partial charge in [-0.3, -0.25) is 38.8 Å². The van der Waals surface area contributed by atoms with Gasteiger partial charge in [-0.05, 0) is 76.3 Å². The van der Waals surface area contributed by atoms with Gasteiger partial charge in [-0.15, -0.1) is 0 Å². The lowest BCUT2D eigenvalue weighted by atomic mass is 10.00. The molecule has 0 bridgehead atoms. The summed E-state index contributed by atoms with van der Waals surface area (Å²) in [5.74, 6) is -1.88. The van der Waals surface area contributed by atoms with Crippen LogP contribution in [0.1, 0.15) is 67.7 Å². The van der Waals surface area contributed by atoms with Crippen LogP contribution in [-0.2, 0) is 25.7 Å². The highest BCUT2D eigenvalue weighted by Gasteiger charge is 2.41. The molecule has 3 aromatic rings. The lowest BCUT2D eigenvalue weighted by Gasteiger charge is -2.35. The summed E-state index contributed by atoms with van der Waals surface area (Å²) in [6.07, 6.45) is 4.27. The van der Waals surface area contributed by atoms with Crippen LogP contribution in [0, 0.1) is 19.8 Å². The first kappa shape index (κ1) is 41.0. The molecule has 1 fully saturated rings. The van der Waals surface area contributed by atoms with Gasteiger partial charge in [0.05, 0.1) is 25.0 Å². The predicted molar refractivity (Wildman–Crippen MR) is 210 cm³/mol. The van der Waals surface area contributed by atoms with Gasteiger partial charge in [-0.2, -0.15) is 4.98 Å². The van der Waals surface area contributed by atoms with Crippen LogP contribution in [0.3, 0.4) is 0 Å². The van der Waals surface area contributed by atoms with Crippen LogP contribution < -0.4 is 31.1 Å². The zero-order valence-corrected chi connectivity index (χ0v) is 33.4. The van der Waals surface area contributed by atoms with Crippen molar-refractivity contribution < 1.29 is 28.8 Å². The van der Waals surface area contributed by atoms with Gasteiger partial charge in [-0.25, -0.2) is 9.78 Å². The van der Waals surface area contributed by atoms with Crippen LogP contribution >= 0.6 is 0 Å². The maximum absolute atomic E-state index is 14.0. The number of pyridine rings is 1. The number of aromatic nitrogens is 3. The standard InChI is InChI=1S/C39H51N11O6/c1-22(2)31(35(54)49-16-10-11-28(49)34(53)46-39(5,6)36(55)41-20-30(51)47(7)8)44-33(52)25-14-12-23(3)29(17-25)50-21-26-18-42-37(45-32(26)48(9)38(50)56)43-27-15-13-24(4)40-19-27/h12-15,17-19,22,28,31H,10-11,16,20-21H2,1-9H3,(H,41,55)(H,44,52)(H,46,53)(H,42,43,45)/t28-,31?/m0/s1. The Morgan fingerprint density at radius 3 is 2.41 bits per heavy atom. The van der Waals surface area contributed by atoms with E-state index in [0.29, 0.717) is 48.1 Å². The Kier molecular flexibility index (Phi) is 12.2. The molecule has 1 unspecified atom stereocenters. The third-order valence-electron chi connectivity index (χ3n) is 9.90. The Balaban J connectivity index is 1.28. The zero-order valence-electron chi connectivity index (χ0n) is 33.4. The van der Waals surface area contributed by atoms with Crippen molar-refractivity contribution in [1.82, 2.24) is 40.7 Å². The fourth-order valence-corrected chi connectivity index (χ4v) is 6.47. The van der Waals surface area contributed by atoms with Gasteiger partial charge in [0.25, 0.3) is 5.91 Å². The second-order valence-electron chi connectivity index (χ2n) is 15.3. The summed E-state index contributed by atoms with van der Waals surface area (Å²) < 4.78 is 0. The zero-order chi connectivity index (χ0) is 41.1. The monoisotopic (exact) mass is 769 g/mol. The van der Waals surface area contributed by atoms with E-state index in [1.807, 2.05) is 26.0 Å². The van der Waals surface area contributed by atoms with Crippen LogP contribution in [0.5, 0.6) is 0 Å². The summed E-state index contributed by atoms with van der Waals surface area (Å²) in [6, 6.07) is 6.54. The van der Waals surface area contributed by atoms with Crippen LogP contribution in [0.25, 0.3) is 0 Å². The molecule has 1 saturated heterocycles. The van der Waals surface area contributed by atoms with Gasteiger partial charge in [0.15, 0.2) is 0 Å². The number of nitrogens with zero attached hydrogens (tertiary/aromatic N) is 7. The molecule has 4 heterocycles. The van der Waals surface area contributed by atoms with Crippen molar-refractivity contribution in [2.24, 2.45) is 5.92 Å². The van der Waals surface area contributed by atoms with Gasteiger partial charge in [-0.1, -0.05) is 19.9 Å². The molecule has 2 aliphatic heterocycles. The number of carbonyl (C=O) groups excluding carboxylic acids is 6. The first-order valence-corrected chi connectivity index (χ1v) is 18.5. The number of anilines is 4. The predicted octanol–water partition coefficient (Wildman–Crippen LogP) is 2.65. The summed E-state index contributed by atoms with van der Waals surface area (Å²) in [5, 5.41) is 11.3. The van der Waals surface area contributed by atoms with E-state index in [-0.39, 0.29) is 36.5 Å². The Labute approximate surface area is 326 Å². The molecular formula is C39H51N11O6. The molecule has 0 spiro atoms. The third kappa shape index (κ3) is 9.04. The second-order valence-corrected chi connectivity index (χ2v) is 15.3. The van der Waals surface area contributed by atoms with E-state index in [9.17, 15) is 28.8 Å². The minimum Gasteiger partial charge on any atom is -0.347 e. The molecule has 298 valence electrons. The molecule has 17 nitrogen and oxygen atoms in total. The fourth-order valence-electron chi connectivity index (χ4n) is 6.47. The van der Waals surface area contributed by atoms with E-state index >= 15 is 0 Å². The minimum atomic E-state index is -1.37. The molecule has 2 aromatic heterocycles. The van der Waals surface area contributed by atoms with Crippen molar-refractivity contribution in [2.75, 3.05) is 49.3 Å². The number of aryl methyl sites for hydroxylation is 2. The minimum absolute atomic E-state index is 0.162. The highest BCUT2D eigenvalue weighted by atomic mass is 16.2. The van der Waals surface area contributed by atoms with Crippen LogP contribution in [-0.4, -0.2) is 112 Å². The van der Waals surface area contributed by atoms with Crippen molar-refractivity contribution in [3.05, 3.63) is 65.1 Å². The topological polar surface area (TPSA) is 202 Å². The van der Waals surface area contributed by atoms with E-state index in [2.05, 4.69) is 36.2 Å². The number of hydrogen-bond acceptors (Lipinski definition) is 10. The molecule has 5 rings (SSSR count). The third-order valence-corrected chi connectivity index (χ3v) is 9.90. The number of likely N-dealkylation sites (tertiary alicyclic amines) is 1. The summed E-state index contributed by atoms with van der Waals surface area (Å²) in [4.78, 5) is 99.1. The molecule has 0 radical (unpaired) electrons. The summed E-state index contributed by atoms with van der Waals surface area (Å²) >= 11 is 0. The molecule has 2 aliphatic rings. The first-order valence-electron chi connectivity index (χ1n) is 18.5. The number of hydrogen-bond donors (Lipinski definition) is 4. The molecular weight excluding hydrogens is 718 g/mol. The summed E-state index contributed by atoms with van der Waals surface area (Å²) in [6.45, 7) is 10.6. The van der Waals surface area contributed by atoms with Crippen molar-refractivity contribution in [3.63, 3.8) is 0 Å². The molecule has 56 heavy (non-hydrogen) atoms. The summed E-state index contributed by atoms with van der Waals surface area (Å²) in [7, 11) is 4.77. The SMILES string of the molecule is Cc1ccc(Nc2ncc3c(n2)N(C)C(=O)N(c2cc(C(=O)NC(C(=O)N4CCC[C@H]4C(=O)NC(C)(C)C(=O)NCC(=O)N(C)C)C(C)C)ccc2C)C3)cn1. The number of fused-ring (bicyclic) bond motifs is 1. The number of urea groups is 1. The normalized spacial score (nSPS) is 15.9. The number of benzene rings is 1. The Morgan fingerprint density at radius 1 is 1.02 bits per heavy atom. The number of nitrogens with one attached hydrogen (secondary N) is 4. The average molecular weight is 770 g/mol. The molecule has 1 aromatic carbocycles. The van der Waals surface area contributed by atoms with E-state index in [1.54, 1.807) is 70.5 Å². The lowest BCUT2D eigenvalue weighted by Crippen LogP contribution is -2.60. The molecule has 7 amide bonds. The number of likely N-dealkylation sites (N-methyl/N-ethyl adjacent to an activating group) is 1.